The van der Waals surface area contributed by atoms with E-state index in [1.54, 1.807) is 0 Å². The van der Waals surface area contributed by atoms with Crippen molar-refractivity contribution in [2.24, 2.45) is 0 Å². The summed E-state index contributed by atoms with van der Waals surface area (Å²) < 4.78 is 5.06. The molecule has 0 fully saturated rings. The molecule has 234 valence electrons. The summed E-state index contributed by atoms with van der Waals surface area (Å²) in [6.07, 6.45) is 0. The molecular weight excluding hydrogens is 647 g/mol. The average molecular weight is 674 g/mol. The molecular formula is C45H27N3S2. The van der Waals surface area contributed by atoms with Gasteiger partial charge in [0, 0.05) is 57.0 Å². The Bertz CT molecular complexity index is 2800. The van der Waals surface area contributed by atoms with Crippen molar-refractivity contribution in [2.45, 2.75) is 0 Å². The first-order valence-corrected chi connectivity index (χ1v) is 18.2. The molecule has 0 atom stereocenters. The van der Waals surface area contributed by atoms with Crippen LogP contribution in [0, 0.1) is 0 Å². The smallest absolute Gasteiger partial charge is 0.164 e. The van der Waals surface area contributed by atoms with E-state index in [1.807, 2.05) is 59.1 Å². The van der Waals surface area contributed by atoms with Crippen molar-refractivity contribution in [3.05, 3.63) is 164 Å². The Morgan fingerprint density at radius 3 is 1.56 bits per heavy atom. The molecule has 50 heavy (non-hydrogen) atoms. The SMILES string of the molecule is c1ccc(-c2cc(-c3ccc4c(c3)sc3cccc(-c5nc(-c6ccccc6)nc(-c6ccccc6)n5)c34)c3c(c2)sc2ccccc23)cc1. The molecule has 0 aliphatic carbocycles. The lowest BCUT2D eigenvalue weighted by Crippen LogP contribution is -2.00. The molecule has 5 heteroatoms. The normalized spacial score (nSPS) is 11.6. The van der Waals surface area contributed by atoms with E-state index in [4.69, 9.17) is 15.0 Å². The van der Waals surface area contributed by atoms with Gasteiger partial charge in [-0.2, -0.15) is 0 Å². The maximum atomic E-state index is 5.08. The zero-order valence-corrected chi connectivity index (χ0v) is 28.4. The van der Waals surface area contributed by atoms with Crippen molar-refractivity contribution >= 4 is 63.0 Å². The summed E-state index contributed by atoms with van der Waals surface area (Å²) in [6.45, 7) is 0. The third-order valence-electron chi connectivity index (χ3n) is 9.33. The fraction of sp³-hybridized carbons (Fsp3) is 0. The molecule has 0 radical (unpaired) electrons. The third-order valence-corrected chi connectivity index (χ3v) is 11.6. The lowest BCUT2D eigenvalue weighted by atomic mass is 9.94. The number of rotatable bonds is 5. The number of hydrogen-bond acceptors (Lipinski definition) is 5. The largest absolute Gasteiger partial charge is 0.208 e. The van der Waals surface area contributed by atoms with Gasteiger partial charge in [0.05, 0.1) is 0 Å². The summed E-state index contributed by atoms with van der Waals surface area (Å²) >= 11 is 3.69. The van der Waals surface area contributed by atoms with Gasteiger partial charge in [-0.05, 0) is 52.6 Å². The van der Waals surface area contributed by atoms with Gasteiger partial charge in [0.15, 0.2) is 17.5 Å². The molecule has 3 aromatic heterocycles. The van der Waals surface area contributed by atoms with Crippen LogP contribution >= 0.6 is 22.7 Å². The predicted octanol–water partition coefficient (Wildman–Crippen LogP) is 12.9. The molecule has 10 aromatic rings. The first-order chi connectivity index (χ1) is 24.8. The molecule has 0 N–H and O–H groups in total. The quantitative estimate of drug-likeness (QED) is 0.182. The third kappa shape index (κ3) is 4.90. The molecule has 10 rings (SSSR count). The summed E-state index contributed by atoms with van der Waals surface area (Å²) in [4.78, 5) is 15.1. The van der Waals surface area contributed by atoms with Crippen molar-refractivity contribution in [2.75, 3.05) is 0 Å². The van der Waals surface area contributed by atoms with Crippen LogP contribution in [0.5, 0.6) is 0 Å². The molecule has 0 aliphatic rings. The van der Waals surface area contributed by atoms with Crippen LogP contribution in [-0.2, 0) is 0 Å². The highest BCUT2D eigenvalue weighted by Gasteiger charge is 2.19. The van der Waals surface area contributed by atoms with E-state index in [-0.39, 0.29) is 0 Å². The molecule has 0 unspecified atom stereocenters. The number of benzene rings is 7. The molecule has 0 amide bonds. The molecule has 3 nitrogen and oxygen atoms in total. The monoisotopic (exact) mass is 673 g/mol. The molecule has 0 saturated heterocycles. The molecule has 0 spiro atoms. The Labute approximate surface area is 296 Å². The van der Waals surface area contributed by atoms with Crippen LogP contribution in [0.3, 0.4) is 0 Å². The van der Waals surface area contributed by atoms with E-state index in [2.05, 4.69) is 127 Å². The maximum Gasteiger partial charge on any atom is 0.164 e. The Hall–Kier alpha value is -6.01. The molecule has 7 aromatic carbocycles. The fourth-order valence-electron chi connectivity index (χ4n) is 6.99. The summed E-state index contributed by atoms with van der Waals surface area (Å²) in [7, 11) is 0. The van der Waals surface area contributed by atoms with Gasteiger partial charge < -0.3 is 0 Å². The second kappa shape index (κ2) is 11.8. The first kappa shape index (κ1) is 29.0. The van der Waals surface area contributed by atoms with Crippen molar-refractivity contribution < 1.29 is 0 Å². The zero-order chi connectivity index (χ0) is 33.0. The average Bonchev–Trinajstić information content (AvgIpc) is 3.76. The van der Waals surface area contributed by atoms with Crippen LogP contribution in [0.1, 0.15) is 0 Å². The highest BCUT2D eigenvalue weighted by atomic mass is 32.1. The van der Waals surface area contributed by atoms with E-state index in [0.717, 1.165) is 16.7 Å². The van der Waals surface area contributed by atoms with Crippen LogP contribution in [0.25, 0.3) is 96.8 Å². The Kier molecular flexibility index (Phi) is 6.86. The lowest BCUT2D eigenvalue weighted by Gasteiger charge is -2.11. The number of thiophene rings is 2. The minimum absolute atomic E-state index is 0.665. The number of nitrogens with zero attached hydrogens (tertiary/aromatic N) is 3. The van der Waals surface area contributed by atoms with Gasteiger partial charge in [-0.25, -0.2) is 15.0 Å². The van der Waals surface area contributed by atoms with E-state index >= 15 is 0 Å². The Balaban J connectivity index is 1.18. The highest BCUT2D eigenvalue weighted by molar-refractivity contribution is 7.26. The minimum atomic E-state index is 0.665. The second-order valence-corrected chi connectivity index (χ2v) is 14.6. The van der Waals surface area contributed by atoms with Gasteiger partial charge in [0.25, 0.3) is 0 Å². The van der Waals surface area contributed by atoms with Crippen LogP contribution in [0.2, 0.25) is 0 Å². The van der Waals surface area contributed by atoms with E-state index in [9.17, 15) is 0 Å². The Morgan fingerprint density at radius 2 is 0.840 bits per heavy atom. The second-order valence-electron chi connectivity index (χ2n) is 12.4. The lowest BCUT2D eigenvalue weighted by molar-refractivity contribution is 1.08. The van der Waals surface area contributed by atoms with E-state index in [1.165, 1.54) is 62.6 Å². The van der Waals surface area contributed by atoms with E-state index in [0.29, 0.717) is 17.5 Å². The number of aromatic nitrogens is 3. The zero-order valence-electron chi connectivity index (χ0n) is 26.7. The molecule has 0 bridgehead atoms. The summed E-state index contributed by atoms with van der Waals surface area (Å²) in [5.41, 5.74) is 7.87. The number of fused-ring (bicyclic) bond motifs is 6. The van der Waals surface area contributed by atoms with Gasteiger partial charge in [-0.3, -0.25) is 0 Å². The number of hydrogen-bond donors (Lipinski definition) is 0. The topological polar surface area (TPSA) is 38.7 Å². The summed E-state index contributed by atoms with van der Waals surface area (Å²) in [5, 5.41) is 5.00. The summed E-state index contributed by atoms with van der Waals surface area (Å²) in [6, 6.07) is 57.9. The van der Waals surface area contributed by atoms with Crippen molar-refractivity contribution in [1.82, 2.24) is 15.0 Å². The van der Waals surface area contributed by atoms with E-state index < -0.39 is 0 Å². The standard InChI is InChI=1S/C45H27N3S2/c1-4-13-28(14-5-1)32-25-36(42-33-19-10-11-21-37(33)49-40(42)27-32)31-23-24-34-39(26-31)50-38-22-12-20-35(41(34)38)45-47-43(29-15-6-2-7-16-29)46-44(48-45)30-17-8-3-9-18-30/h1-27H. The van der Waals surface area contributed by atoms with Crippen LogP contribution in [0.15, 0.2) is 164 Å². The van der Waals surface area contributed by atoms with Crippen molar-refractivity contribution in [3.8, 4) is 56.4 Å². The van der Waals surface area contributed by atoms with Gasteiger partial charge >= 0.3 is 0 Å². The van der Waals surface area contributed by atoms with Crippen LogP contribution in [-0.4, -0.2) is 15.0 Å². The molecule has 0 aliphatic heterocycles. The van der Waals surface area contributed by atoms with Gasteiger partial charge in [0.2, 0.25) is 0 Å². The van der Waals surface area contributed by atoms with Crippen molar-refractivity contribution in [1.29, 1.82) is 0 Å². The highest BCUT2D eigenvalue weighted by Crippen LogP contribution is 2.45. The minimum Gasteiger partial charge on any atom is -0.208 e. The van der Waals surface area contributed by atoms with Gasteiger partial charge in [-0.15, -0.1) is 22.7 Å². The predicted molar refractivity (Wildman–Crippen MR) is 213 cm³/mol. The van der Waals surface area contributed by atoms with Crippen LogP contribution in [0.4, 0.5) is 0 Å². The van der Waals surface area contributed by atoms with Crippen molar-refractivity contribution in [3.63, 3.8) is 0 Å². The first-order valence-electron chi connectivity index (χ1n) is 16.6. The molecule has 0 saturated carbocycles. The molecule has 3 heterocycles. The fourth-order valence-corrected chi connectivity index (χ4v) is 9.33. The maximum absolute atomic E-state index is 5.08. The Morgan fingerprint density at radius 1 is 0.300 bits per heavy atom. The van der Waals surface area contributed by atoms with Gasteiger partial charge in [-0.1, -0.05) is 133 Å². The van der Waals surface area contributed by atoms with Gasteiger partial charge in [0.1, 0.15) is 0 Å². The summed E-state index contributed by atoms with van der Waals surface area (Å²) in [5.74, 6) is 2.01. The van der Waals surface area contributed by atoms with Crippen LogP contribution < -0.4 is 0 Å².